The van der Waals surface area contributed by atoms with E-state index < -0.39 is 0 Å². The summed E-state index contributed by atoms with van der Waals surface area (Å²) in [5.74, 6) is 2.25. The summed E-state index contributed by atoms with van der Waals surface area (Å²) >= 11 is 3.45. The number of benzene rings is 2. The van der Waals surface area contributed by atoms with Crippen molar-refractivity contribution in [2.75, 3.05) is 14.2 Å². The van der Waals surface area contributed by atoms with Gasteiger partial charge in [-0.25, -0.2) is 4.98 Å². The predicted molar refractivity (Wildman–Crippen MR) is 96.3 cm³/mol. The molecule has 0 amide bonds. The van der Waals surface area contributed by atoms with E-state index in [1.54, 1.807) is 14.2 Å². The third kappa shape index (κ3) is 2.97. The Morgan fingerprint density at radius 3 is 2.57 bits per heavy atom. The fraction of sp³-hybridized carbons (Fsp3) is 0.167. The van der Waals surface area contributed by atoms with Crippen LogP contribution in [0.2, 0.25) is 0 Å². The lowest BCUT2D eigenvalue weighted by Crippen LogP contribution is -2.01. The standard InChI is InChI=1S/C18H17BrN2O2/c1-12(19)11-21-15-7-5-4-6-14(15)20-18(21)13-8-9-16(22-2)17(10-13)23-3/h4-10H,1,11H2,2-3H3. The van der Waals surface area contributed by atoms with Crippen molar-refractivity contribution >= 4 is 27.0 Å². The maximum absolute atomic E-state index is 5.40. The number of nitrogens with zero attached hydrogens (tertiary/aromatic N) is 2. The summed E-state index contributed by atoms with van der Waals surface area (Å²) < 4.78 is 13.7. The highest BCUT2D eigenvalue weighted by atomic mass is 79.9. The molecule has 0 saturated heterocycles. The lowest BCUT2D eigenvalue weighted by molar-refractivity contribution is 0.355. The van der Waals surface area contributed by atoms with E-state index in [-0.39, 0.29) is 0 Å². The highest BCUT2D eigenvalue weighted by Crippen LogP contribution is 2.33. The van der Waals surface area contributed by atoms with Crippen molar-refractivity contribution in [2.24, 2.45) is 0 Å². The van der Waals surface area contributed by atoms with Gasteiger partial charge in [-0.2, -0.15) is 0 Å². The van der Waals surface area contributed by atoms with Gasteiger partial charge in [0.05, 0.1) is 31.8 Å². The summed E-state index contributed by atoms with van der Waals surface area (Å²) in [7, 11) is 3.26. The lowest BCUT2D eigenvalue weighted by Gasteiger charge is -2.11. The largest absolute Gasteiger partial charge is 0.493 e. The van der Waals surface area contributed by atoms with Crippen molar-refractivity contribution in [3.63, 3.8) is 0 Å². The van der Waals surface area contributed by atoms with Gasteiger partial charge in [-0.05, 0) is 30.3 Å². The molecule has 0 spiro atoms. The third-order valence-corrected chi connectivity index (χ3v) is 3.88. The van der Waals surface area contributed by atoms with Crippen molar-refractivity contribution in [3.05, 3.63) is 53.5 Å². The SMILES string of the molecule is C=C(Br)Cn1c(-c2ccc(OC)c(OC)c2)nc2ccccc21. The van der Waals surface area contributed by atoms with Gasteiger partial charge in [0.25, 0.3) is 0 Å². The van der Waals surface area contributed by atoms with Crippen molar-refractivity contribution < 1.29 is 9.47 Å². The number of aromatic nitrogens is 2. The van der Waals surface area contributed by atoms with E-state index in [0.717, 1.165) is 26.9 Å². The van der Waals surface area contributed by atoms with Crippen LogP contribution in [0.4, 0.5) is 0 Å². The van der Waals surface area contributed by atoms with Crippen LogP contribution < -0.4 is 9.47 Å². The molecule has 5 heteroatoms. The molecule has 3 rings (SSSR count). The number of imidazole rings is 1. The molecule has 0 radical (unpaired) electrons. The van der Waals surface area contributed by atoms with Crippen LogP contribution in [-0.2, 0) is 6.54 Å². The Bertz CT molecular complexity index is 871. The Morgan fingerprint density at radius 1 is 1.13 bits per heavy atom. The Hall–Kier alpha value is -2.27. The maximum Gasteiger partial charge on any atom is 0.161 e. The number of para-hydroxylation sites is 2. The monoisotopic (exact) mass is 372 g/mol. The van der Waals surface area contributed by atoms with Crippen LogP contribution in [0.1, 0.15) is 0 Å². The van der Waals surface area contributed by atoms with Crippen molar-refractivity contribution in [2.45, 2.75) is 6.54 Å². The number of halogens is 1. The van der Waals surface area contributed by atoms with Crippen LogP contribution in [0.25, 0.3) is 22.4 Å². The maximum atomic E-state index is 5.40. The van der Waals surface area contributed by atoms with Crippen LogP contribution in [-0.4, -0.2) is 23.8 Å². The van der Waals surface area contributed by atoms with E-state index in [4.69, 9.17) is 14.5 Å². The zero-order valence-electron chi connectivity index (χ0n) is 13.0. The van der Waals surface area contributed by atoms with Crippen LogP contribution in [0.15, 0.2) is 53.5 Å². The molecule has 0 aliphatic carbocycles. The normalized spacial score (nSPS) is 10.7. The fourth-order valence-electron chi connectivity index (χ4n) is 2.60. The molecule has 0 unspecified atom stereocenters. The van der Waals surface area contributed by atoms with Crippen LogP contribution >= 0.6 is 15.9 Å². The molecule has 23 heavy (non-hydrogen) atoms. The lowest BCUT2D eigenvalue weighted by atomic mass is 10.2. The Kier molecular flexibility index (Phi) is 4.39. The first-order valence-electron chi connectivity index (χ1n) is 7.15. The Labute approximate surface area is 143 Å². The van der Waals surface area contributed by atoms with E-state index in [2.05, 4.69) is 33.1 Å². The molecule has 0 N–H and O–H groups in total. The minimum absolute atomic E-state index is 0.643. The second kappa shape index (κ2) is 6.46. The molecule has 118 valence electrons. The smallest absolute Gasteiger partial charge is 0.161 e. The highest BCUT2D eigenvalue weighted by Gasteiger charge is 2.15. The summed E-state index contributed by atoms with van der Waals surface area (Å²) in [6, 6.07) is 13.9. The van der Waals surface area contributed by atoms with Gasteiger partial charge in [0.2, 0.25) is 0 Å². The van der Waals surface area contributed by atoms with Gasteiger partial charge in [0.15, 0.2) is 11.5 Å². The molecule has 4 nitrogen and oxygen atoms in total. The molecule has 0 atom stereocenters. The molecule has 0 bridgehead atoms. The zero-order valence-corrected chi connectivity index (χ0v) is 14.6. The zero-order chi connectivity index (χ0) is 16.4. The predicted octanol–water partition coefficient (Wildman–Crippen LogP) is 4.63. The Balaban J connectivity index is 2.21. The average Bonchev–Trinajstić information content (AvgIpc) is 2.92. The van der Waals surface area contributed by atoms with Crippen molar-refractivity contribution in [3.8, 4) is 22.9 Å². The van der Waals surface area contributed by atoms with Gasteiger partial charge in [0.1, 0.15) is 5.82 Å². The van der Waals surface area contributed by atoms with Gasteiger partial charge in [0, 0.05) is 10.0 Å². The molecule has 3 aromatic rings. The minimum atomic E-state index is 0.643. The van der Waals surface area contributed by atoms with Gasteiger partial charge in [-0.1, -0.05) is 34.6 Å². The van der Waals surface area contributed by atoms with E-state index >= 15 is 0 Å². The number of allylic oxidation sites excluding steroid dienone is 1. The topological polar surface area (TPSA) is 36.3 Å². The van der Waals surface area contributed by atoms with Crippen LogP contribution in [0.5, 0.6) is 11.5 Å². The van der Waals surface area contributed by atoms with Gasteiger partial charge >= 0.3 is 0 Å². The van der Waals surface area contributed by atoms with Crippen molar-refractivity contribution in [1.82, 2.24) is 9.55 Å². The molecule has 0 fully saturated rings. The van der Waals surface area contributed by atoms with Crippen LogP contribution in [0, 0.1) is 0 Å². The Morgan fingerprint density at radius 2 is 1.87 bits per heavy atom. The minimum Gasteiger partial charge on any atom is -0.493 e. The third-order valence-electron chi connectivity index (χ3n) is 3.63. The molecule has 0 saturated carbocycles. The summed E-state index contributed by atoms with van der Waals surface area (Å²) in [6.45, 7) is 4.60. The van der Waals surface area contributed by atoms with E-state index in [1.165, 1.54) is 0 Å². The number of methoxy groups -OCH3 is 2. The molecular formula is C18H17BrN2O2. The number of fused-ring (bicyclic) bond motifs is 1. The first-order chi connectivity index (χ1) is 11.1. The fourth-order valence-corrected chi connectivity index (χ4v) is 2.85. The first-order valence-corrected chi connectivity index (χ1v) is 7.94. The highest BCUT2D eigenvalue weighted by molar-refractivity contribution is 9.11. The molecule has 2 aromatic carbocycles. The van der Waals surface area contributed by atoms with E-state index in [0.29, 0.717) is 18.0 Å². The summed E-state index contributed by atoms with van der Waals surface area (Å²) in [4.78, 5) is 4.77. The molecular weight excluding hydrogens is 356 g/mol. The number of hydrogen-bond donors (Lipinski definition) is 0. The first kappa shape index (κ1) is 15.6. The number of rotatable bonds is 5. The summed E-state index contributed by atoms with van der Waals surface area (Å²) in [5, 5.41) is 0. The number of hydrogen-bond acceptors (Lipinski definition) is 3. The summed E-state index contributed by atoms with van der Waals surface area (Å²) in [5.41, 5.74) is 2.98. The second-order valence-electron chi connectivity index (χ2n) is 5.10. The molecule has 0 aliphatic rings. The molecule has 0 aliphatic heterocycles. The second-order valence-corrected chi connectivity index (χ2v) is 6.22. The molecule has 1 aromatic heterocycles. The van der Waals surface area contributed by atoms with Gasteiger partial charge < -0.3 is 14.0 Å². The number of ether oxygens (including phenoxy) is 2. The molecule has 1 heterocycles. The van der Waals surface area contributed by atoms with Gasteiger partial charge in [-0.15, -0.1) is 0 Å². The van der Waals surface area contributed by atoms with E-state index in [9.17, 15) is 0 Å². The van der Waals surface area contributed by atoms with Gasteiger partial charge in [-0.3, -0.25) is 0 Å². The van der Waals surface area contributed by atoms with E-state index in [1.807, 2.05) is 36.4 Å². The summed E-state index contributed by atoms with van der Waals surface area (Å²) in [6.07, 6.45) is 0. The van der Waals surface area contributed by atoms with Crippen LogP contribution in [0.3, 0.4) is 0 Å². The average molecular weight is 373 g/mol. The van der Waals surface area contributed by atoms with Crippen molar-refractivity contribution in [1.29, 1.82) is 0 Å². The quantitative estimate of drug-likeness (QED) is 0.654.